The molecule has 0 saturated heterocycles. The molecule has 0 unspecified atom stereocenters. The van der Waals surface area contributed by atoms with Crippen LogP contribution in [0.5, 0.6) is 5.75 Å². The van der Waals surface area contributed by atoms with Crippen molar-refractivity contribution in [1.29, 1.82) is 0 Å². The Kier molecular flexibility index (Phi) is 5.43. The monoisotopic (exact) mass is 459 g/mol. The third-order valence-electron chi connectivity index (χ3n) is 5.51. The topological polar surface area (TPSA) is 89.8 Å². The summed E-state index contributed by atoms with van der Waals surface area (Å²) < 4.78 is 8.04. The van der Waals surface area contributed by atoms with Gasteiger partial charge in [0, 0.05) is 37.3 Å². The molecule has 0 atom stereocenters. The van der Waals surface area contributed by atoms with Crippen LogP contribution in [0, 0.1) is 6.92 Å². The maximum absolute atomic E-state index is 6.47. The molecule has 0 aliphatic carbocycles. The van der Waals surface area contributed by atoms with Gasteiger partial charge in [0.15, 0.2) is 0 Å². The Morgan fingerprint density at radius 3 is 2.70 bits per heavy atom. The fourth-order valence-corrected chi connectivity index (χ4v) is 4.13. The van der Waals surface area contributed by atoms with E-state index in [-0.39, 0.29) is 0 Å². The van der Waals surface area contributed by atoms with Gasteiger partial charge in [0.25, 0.3) is 0 Å². The van der Waals surface area contributed by atoms with E-state index in [2.05, 4.69) is 30.6 Å². The highest BCUT2D eigenvalue weighted by molar-refractivity contribution is 6.35. The van der Waals surface area contributed by atoms with E-state index in [1.165, 1.54) is 6.33 Å². The average molecular weight is 460 g/mol. The van der Waals surface area contributed by atoms with Gasteiger partial charge in [0.1, 0.15) is 36.0 Å². The Bertz CT molecular complexity index is 1480. The van der Waals surface area contributed by atoms with Gasteiger partial charge < -0.3 is 15.4 Å². The first-order valence-electron chi connectivity index (χ1n) is 10.4. The van der Waals surface area contributed by atoms with Crippen molar-refractivity contribution in [2.45, 2.75) is 13.5 Å². The summed E-state index contributed by atoms with van der Waals surface area (Å²) in [4.78, 5) is 17.9. The Morgan fingerprint density at radius 2 is 1.88 bits per heavy atom. The van der Waals surface area contributed by atoms with Crippen LogP contribution in [-0.4, -0.2) is 38.6 Å². The minimum Gasteiger partial charge on any atom is -0.489 e. The summed E-state index contributed by atoms with van der Waals surface area (Å²) in [5, 5.41) is 8.68. The molecule has 9 heteroatoms. The molecule has 33 heavy (non-hydrogen) atoms. The normalized spacial score (nSPS) is 11.2. The van der Waals surface area contributed by atoms with Gasteiger partial charge in [-0.15, -0.1) is 0 Å². The third-order valence-corrected chi connectivity index (χ3v) is 5.79. The van der Waals surface area contributed by atoms with Gasteiger partial charge in [-0.3, -0.25) is 4.57 Å². The summed E-state index contributed by atoms with van der Waals surface area (Å²) in [6.45, 7) is 2.25. The fourth-order valence-electron chi connectivity index (χ4n) is 3.81. The van der Waals surface area contributed by atoms with Crippen molar-refractivity contribution < 1.29 is 4.74 Å². The molecule has 0 saturated carbocycles. The standard InChI is InChI=1S/C24H22ClN7O/c1-14-22-19(25)11-32(24(22)30-13-29-14)17-8-16(23(27-3)28-10-17)12-33-18-6-4-15-5-7-21(26-2)31-20(15)9-18/h4-11,13H,12H2,1-3H3,(H,26,31)(H,27,28). The van der Waals surface area contributed by atoms with Crippen molar-refractivity contribution in [3.63, 3.8) is 0 Å². The van der Waals surface area contributed by atoms with Crippen LogP contribution in [0.3, 0.4) is 0 Å². The number of aromatic nitrogens is 5. The van der Waals surface area contributed by atoms with Crippen molar-refractivity contribution in [3.8, 4) is 11.4 Å². The lowest BCUT2D eigenvalue weighted by atomic mass is 10.2. The smallest absolute Gasteiger partial charge is 0.149 e. The van der Waals surface area contributed by atoms with Crippen LogP contribution in [0.4, 0.5) is 11.6 Å². The van der Waals surface area contributed by atoms with Gasteiger partial charge in [0.05, 0.1) is 33.5 Å². The first-order valence-corrected chi connectivity index (χ1v) is 10.8. The number of rotatable bonds is 6. The van der Waals surface area contributed by atoms with Crippen molar-refractivity contribution >= 4 is 45.2 Å². The second kappa shape index (κ2) is 8.55. The molecule has 5 rings (SSSR count). The van der Waals surface area contributed by atoms with Crippen molar-refractivity contribution in [2.24, 2.45) is 0 Å². The minimum absolute atomic E-state index is 0.329. The number of hydrogen-bond donors (Lipinski definition) is 2. The number of anilines is 2. The number of benzene rings is 1. The Balaban J connectivity index is 1.47. The van der Waals surface area contributed by atoms with Crippen molar-refractivity contribution in [1.82, 2.24) is 24.5 Å². The van der Waals surface area contributed by atoms with E-state index in [1.807, 2.05) is 68.2 Å². The summed E-state index contributed by atoms with van der Waals surface area (Å²) in [6.07, 6.45) is 5.15. The number of nitrogens with zero attached hydrogens (tertiary/aromatic N) is 5. The lowest BCUT2D eigenvalue weighted by Crippen LogP contribution is -2.05. The molecule has 0 aliphatic rings. The van der Waals surface area contributed by atoms with Crippen LogP contribution in [0.2, 0.25) is 5.02 Å². The van der Waals surface area contributed by atoms with Gasteiger partial charge in [-0.25, -0.2) is 19.9 Å². The largest absolute Gasteiger partial charge is 0.489 e. The van der Waals surface area contributed by atoms with E-state index in [9.17, 15) is 0 Å². The predicted octanol–water partition coefficient (Wildman–Crippen LogP) is 4.99. The van der Waals surface area contributed by atoms with E-state index in [4.69, 9.17) is 16.3 Å². The van der Waals surface area contributed by atoms with Gasteiger partial charge in [-0.05, 0) is 37.3 Å². The summed E-state index contributed by atoms with van der Waals surface area (Å²) in [5.74, 6) is 2.28. The maximum atomic E-state index is 6.47. The van der Waals surface area contributed by atoms with Gasteiger partial charge in [-0.2, -0.15) is 0 Å². The second-order valence-electron chi connectivity index (χ2n) is 7.55. The molecule has 0 spiro atoms. The van der Waals surface area contributed by atoms with Crippen LogP contribution >= 0.6 is 11.6 Å². The van der Waals surface area contributed by atoms with E-state index in [0.29, 0.717) is 11.6 Å². The Hall–Kier alpha value is -3.91. The molecule has 2 N–H and O–H groups in total. The molecule has 5 aromatic rings. The SMILES string of the molecule is CNc1ccc2ccc(OCc3cc(-n4cc(Cl)c5c(C)ncnc54)cnc3NC)cc2n1. The molecule has 4 aromatic heterocycles. The highest BCUT2D eigenvalue weighted by Crippen LogP contribution is 2.30. The predicted molar refractivity (Wildman–Crippen MR) is 132 cm³/mol. The van der Waals surface area contributed by atoms with E-state index >= 15 is 0 Å². The summed E-state index contributed by atoms with van der Waals surface area (Å²) in [5.41, 5.74) is 4.17. The highest BCUT2D eigenvalue weighted by atomic mass is 35.5. The molecule has 1 aromatic carbocycles. The second-order valence-corrected chi connectivity index (χ2v) is 7.95. The highest BCUT2D eigenvalue weighted by Gasteiger charge is 2.15. The van der Waals surface area contributed by atoms with E-state index < -0.39 is 0 Å². The lowest BCUT2D eigenvalue weighted by molar-refractivity contribution is 0.307. The molecule has 166 valence electrons. The molecule has 8 nitrogen and oxygen atoms in total. The lowest BCUT2D eigenvalue weighted by Gasteiger charge is -2.13. The summed E-state index contributed by atoms with van der Waals surface area (Å²) in [6, 6.07) is 11.9. The number of hydrogen-bond acceptors (Lipinski definition) is 7. The number of ether oxygens (including phenoxy) is 1. The first kappa shape index (κ1) is 21.0. The van der Waals surface area contributed by atoms with E-state index in [1.54, 1.807) is 6.20 Å². The van der Waals surface area contributed by atoms with Crippen LogP contribution in [0.1, 0.15) is 11.3 Å². The van der Waals surface area contributed by atoms with Gasteiger partial charge in [0.2, 0.25) is 0 Å². The first-order chi connectivity index (χ1) is 16.1. The molecule has 0 amide bonds. The number of fused-ring (bicyclic) bond motifs is 2. The quantitative estimate of drug-likeness (QED) is 0.369. The number of pyridine rings is 2. The van der Waals surface area contributed by atoms with Crippen molar-refractivity contribution in [2.75, 3.05) is 24.7 Å². The number of aryl methyl sites for hydroxylation is 1. The van der Waals surface area contributed by atoms with Crippen LogP contribution in [0.25, 0.3) is 27.6 Å². The summed E-state index contributed by atoms with van der Waals surface area (Å²) >= 11 is 6.47. The molecular weight excluding hydrogens is 438 g/mol. The number of nitrogens with one attached hydrogen (secondary N) is 2. The minimum atomic E-state index is 0.329. The third kappa shape index (κ3) is 3.89. The van der Waals surface area contributed by atoms with Gasteiger partial charge in [-0.1, -0.05) is 11.6 Å². The summed E-state index contributed by atoms with van der Waals surface area (Å²) in [7, 11) is 3.69. The van der Waals surface area contributed by atoms with E-state index in [0.717, 1.165) is 56.3 Å². The molecule has 0 aliphatic heterocycles. The maximum Gasteiger partial charge on any atom is 0.149 e. The Labute approximate surface area is 195 Å². The molecule has 0 fully saturated rings. The van der Waals surface area contributed by atoms with Crippen LogP contribution in [0.15, 0.2) is 55.1 Å². The Morgan fingerprint density at radius 1 is 1.03 bits per heavy atom. The average Bonchev–Trinajstić information content (AvgIpc) is 3.19. The van der Waals surface area contributed by atoms with Crippen LogP contribution < -0.4 is 15.4 Å². The molecule has 0 radical (unpaired) electrons. The van der Waals surface area contributed by atoms with Crippen molar-refractivity contribution in [3.05, 3.63) is 71.4 Å². The van der Waals surface area contributed by atoms with Crippen LogP contribution in [-0.2, 0) is 6.61 Å². The number of halogens is 1. The molecule has 0 bridgehead atoms. The molecule has 4 heterocycles. The zero-order valence-electron chi connectivity index (χ0n) is 18.4. The zero-order chi connectivity index (χ0) is 22.9. The fraction of sp³-hybridized carbons (Fsp3) is 0.167. The molecular formula is C24H22ClN7O. The zero-order valence-corrected chi connectivity index (χ0v) is 19.2. The van der Waals surface area contributed by atoms with Gasteiger partial charge >= 0.3 is 0 Å².